The third kappa shape index (κ3) is 12.4. The second-order valence-corrected chi connectivity index (χ2v) is 7.45. The number of hydrogen-bond acceptors (Lipinski definition) is 5. The van der Waals surface area contributed by atoms with Gasteiger partial charge in [-0.2, -0.15) is 8.42 Å². The molecule has 0 bridgehead atoms. The Kier molecular flexibility index (Phi) is 14.3. The maximum Gasteiger partial charge on any atom is 0.320 e. The minimum Gasteiger partial charge on any atom is -0.375 e. The van der Waals surface area contributed by atoms with Gasteiger partial charge in [-0.05, 0) is 12.8 Å². The lowest BCUT2D eigenvalue weighted by Crippen LogP contribution is -2.22. The minimum atomic E-state index is -3.99. The predicted molar refractivity (Wildman–Crippen MR) is 88.7 cm³/mol. The van der Waals surface area contributed by atoms with Gasteiger partial charge in [0.2, 0.25) is 0 Å². The Hall–Kier alpha value is -0.170. The molecule has 0 radical (unpaired) electrons. The van der Waals surface area contributed by atoms with Crippen LogP contribution in [0.15, 0.2) is 0 Å². The van der Waals surface area contributed by atoms with Gasteiger partial charge in [0.1, 0.15) is 0 Å². The Morgan fingerprint density at radius 2 is 1.27 bits per heavy atom. The van der Waals surface area contributed by atoms with Crippen molar-refractivity contribution in [1.82, 2.24) is 0 Å². The molecule has 0 aromatic heterocycles. The normalized spacial score (nSPS) is 13.4. The molecule has 0 fully saturated rings. The molecule has 0 rings (SSSR count). The molecule has 1 unspecified atom stereocenters. The quantitative estimate of drug-likeness (QED) is 0.258. The summed E-state index contributed by atoms with van der Waals surface area (Å²) in [6.45, 7) is 4.04. The van der Waals surface area contributed by atoms with E-state index in [1.165, 1.54) is 51.4 Å². The van der Waals surface area contributed by atoms with E-state index in [0.29, 0.717) is 0 Å². The highest BCUT2D eigenvalue weighted by molar-refractivity contribution is 7.87. The van der Waals surface area contributed by atoms with E-state index >= 15 is 0 Å². The molecule has 0 aliphatic carbocycles. The van der Waals surface area contributed by atoms with E-state index < -0.39 is 15.6 Å². The van der Waals surface area contributed by atoms with Gasteiger partial charge in [0, 0.05) is 0 Å². The Morgan fingerprint density at radius 3 is 1.73 bits per heavy atom. The zero-order valence-corrected chi connectivity index (χ0v) is 15.1. The van der Waals surface area contributed by atoms with Crippen LogP contribution < -0.4 is 0 Å². The average Bonchev–Trinajstić information content (AvgIpc) is 2.50. The van der Waals surface area contributed by atoms with Crippen LogP contribution in [0, 0.1) is 0 Å². The van der Waals surface area contributed by atoms with Crippen LogP contribution in [0.2, 0.25) is 0 Å². The van der Waals surface area contributed by atoms with Gasteiger partial charge in [-0.25, -0.2) is 4.89 Å². The van der Waals surface area contributed by atoms with Gasteiger partial charge in [-0.3, -0.25) is 0 Å². The van der Waals surface area contributed by atoms with Crippen LogP contribution in [0.1, 0.15) is 90.9 Å². The van der Waals surface area contributed by atoms with Crippen LogP contribution >= 0.6 is 0 Å². The summed E-state index contributed by atoms with van der Waals surface area (Å²) in [6, 6.07) is 0. The summed E-state index contributed by atoms with van der Waals surface area (Å²) in [4.78, 5) is 4.66. The SMILES string of the molecule is CCCCCCCCCCCCCOOS(=O)(=O)C(O)CC. The van der Waals surface area contributed by atoms with Gasteiger partial charge in [0.05, 0.1) is 6.61 Å². The molecule has 22 heavy (non-hydrogen) atoms. The van der Waals surface area contributed by atoms with E-state index in [0.717, 1.165) is 19.3 Å². The average molecular weight is 339 g/mol. The van der Waals surface area contributed by atoms with Gasteiger partial charge in [-0.15, -0.1) is 4.33 Å². The second kappa shape index (κ2) is 14.4. The maximum absolute atomic E-state index is 11.3. The zero-order valence-electron chi connectivity index (χ0n) is 14.3. The molecule has 0 aromatic carbocycles. The third-order valence-corrected chi connectivity index (χ3v) is 4.94. The van der Waals surface area contributed by atoms with Crippen molar-refractivity contribution in [1.29, 1.82) is 0 Å². The van der Waals surface area contributed by atoms with Crippen molar-refractivity contribution in [3.05, 3.63) is 0 Å². The summed E-state index contributed by atoms with van der Waals surface area (Å²) >= 11 is 0. The molecule has 0 aliphatic rings. The highest BCUT2D eigenvalue weighted by Crippen LogP contribution is 2.11. The molecule has 5 nitrogen and oxygen atoms in total. The summed E-state index contributed by atoms with van der Waals surface area (Å²) in [5.41, 5.74) is -1.51. The molecule has 0 saturated carbocycles. The van der Waals surface area contributed by atoms with Crippen molar-refractivity contribution >= 4 is 10.1 Å². The fourth-order valence-corrected chi connectivity index (χ4v) is 2.88. The van der Waals surface area contributed by atoms with E-state index in [1.807, 2.05) is 0 Å². The van der Waals surface area contributed by atoms with Gasteiger partial charge >= 0.3 is 10.1 Å². The third-order valence-electron chi connectivity index (χ3n) is 3.66. The summed E-state index contributed by atoms with van der Waals surface area (Å²) in [6.07, 6.45) is 13.5. The molecule has 0 spiro atoms. The van der Waals surface area contributed by atoms with E-state index in [9.17, 15) is 13.5 Å². The Bertz CT molecular complexity index is 329. The van der Waals surface area contributed by atoms with Crippen molar-refractivity contribution in [2.75, 3.05) is 6.61 Å². The largest absolute Gasteiger partial charge is 0.375 e. The lowest BCUT2D eigenvalue weighted by Gasteiger charge is -2.08. The first-order valence-corrected chi connectivity index (χ1v) is 10.2. The number of unbranched alkanes of at least 4 members (excludes halogenated alkanes) is 10. The second-order valence-electron chi connectivity index (χ2n) is 5.78. The fourth-order valence-electron chi connectivity index (χ4n) is 2.18. The summed E-state index contributed by atoms with van der Waals surface area (Å²) in [5.74, 6) is 0. The first-order chi connectivity index (χ1) is 10.5. The van der Waals surface area contributed by atoms with Crippen molar-refractivity contribution in [3.8, 4) is 0 Å². The van der Waals surface area contributed by atoms with Crippen LogP contribution in [0.5, 0.6) is 0 Å². The maximum atomic E-state index is 11.3. The van der Waals surface area contributed by atoms with Crippen molar-refractivity contribution in [2.24, 2.45) is 0 Å². The van der Waals surface area contributed by atoms with Crippen LogP contribution in [-0.4, -0.2) is 25.6 Å². The first kappa shape index (κ1) is 21.8. The number of hydrogen-bond donors (Lipinski definition) is 1. The van der Waals surface area contributed by atoms with E-state index in [-0.39, 0.29) is 13.0 Å². The number of aliphatic hydroxyl groups excluding tert-OH is 1. The highest BCUT2D eigenvalue weighted by atomic mass is 32.2. The Morgan fingerprint density at radius 1 is 0.818 bits per heavy atom. The van der Waals surface area contributed by atoms with Crippen molar-refractivity contribution in [2.45, 2.75) is 96.3 Å². The number of rotatable bonds is 16. The van der Waals surface area contributed by atoms with Crippen molar-refractivity contribution < 1.29 is 22.7 Å². The van der Waals surface area contributed by atoms with Crippen LogP contribution in [0.4, 0.5) is 0 Å². The van der Waals surface area contributed by atoms with Crippen molar-refractivity contribution in [3.63, 3.8) is 0 Å². The molecular formula is C16H34O5S. The predicted octanol–water partition coefficient (Wildman–Crippen LogP) is 4.30. The molecule has 0 aromatic rings. The molecule has 6 heteroatoms. The standard InChI is InChI=1S/C16H34O5S/c1-3-5-6-7-8-9-10-11-12-13-14-15-20-21-22(18,19)16(17)4-2/h16-17H,3-15H2,1-2H3. The fraction of sp³-hybridized carbons (Fsp3) is 1.00. The lowest BCUT2D eigenvalue weighted by molar-refractivity contribution is -0.204. The van der Waals surface area contributed by atoms with E-state index in [1.54, 1.807) is 6.92 Å². The smallest absolute Gasteiger partial charge is 0.320 e. The molecule has 0 amide bonds. The molecule has 0 aliphatic heterocycles. The molecule has 1 N–H and O–H groups in total. The van der Waals surface area contributed by atoms with Crippen LogP contribution in [0.3, 0.4) is 0 Å². The number of aliphatic hydroxyl groups is 1. The van der Waals surface area contributed by atoms with Gasteiger partial charge in [-0.1, -0.05) is 78.1 Å². The Balaban J connectivity index is 3.27. The molecule has 0 heterocycles. The summed E-state index contributed by atoms with van der Waals surface area (Å²) in [5, 5.41) is 9.18. The van der Waals surface area contributed by atoms with Gasteiger partial charge in [0.25, 0.3) is 0 Å². The van der Waals surface area contributed by atoms with E-state index in [4.69, 9.17) is 0 Å². The molecular weight excluding hydrogens is 304 g/mol. The Labute approximate surface area is 136 Å². The minimum absolute atomic E-state index is 0.0874. The lowest BCUT2D eigenvalue weighted by atomic mass is 10.1. The molecule has 0 saturated heterocycles. The summed E-state index contributed by atoms with van der Waals surface area (Å²) < 4.78 is 26.8. The van der Waals surface area contributed by atoms with E-state index in [2.05, 4.69) is 16.1 Å². The van der Waals surface area contributed by atoms with Gasteiger partial charge < -0.3 is 5.11 Å². The topological polar surface area (TPSA) is 72.8 Å². The first-order valence-electron chi connectivity index (χ1n) is 8.77. The highest BCUT2D eigenvalue weighted by Gasteiger charge is 2.22. The van der Waals surface area contributed by atoms with Crippen LogP contribution in [0.25, 0.3) is 0 Å². The monoisotopic (exact) mass is 338 g/mol. The van der Waals surface area contributed by atoms with Gasteiger partial charge in [0.15, 0.2) is 5.44 Å². The zero-order chi connectivity index (χ0) is 16.7. The van der Waals surface area contributed by atoms with Crippen LogP contribution in [-0.2, 0) is 19.3 Å². The molecule has 1 atom stereocenters. The summed E-state index contributed by atoms with van der Waals surface area (Å²) in [7, 11) is -3.99. The molecule has 134 valence electrons.